The van der Waals surface area contributed by atoms with Crippen molar-refractivity contribution in [3.05, 3.63) is 65.2 Å². The molecule has 1 saturated carbocycles. The summed E-state index contributed by atoms with van der Waals surface area (Å²) in [4.78, 5) is 0. The van der Waals surface area contributed by atoms with Crippen molar-refractivity contribution in [2.24, 2.45) is 5.92 Å². The van der Waals surface area contributed by atoms with Crippen LogP contribution in [0.2, 0.25) is 0 Å². The molecule has 0 amide bonds. The molecule has 1 N–H and O–H groups in total. The van der Waals surface area contributed by atoms with E-state index in [0.29, 0.717) is 6.04 Å². The first-order valence-electron chi connectivity index (χ1n) is 9.65. The normalized spacial score (nSPS) is 27.6. The Morgan fingerprint density at radius 1 is 1.16 bits per heavy atom. The van der Waals surface area contributed by atoms with Gasteiger partial charge in [-0.15, -0.1) is 0 Å². The number of hydrogen-bond donors (Lipinski definition) is 1. The third-order valence-electron chi connectivity index (χ3n) is 6.46. The van der Waals surface area contributed by atoms with Crippen molar-refractivity contribution >= 4 is 0 Å². The molecule has 0 saturated heterocycles. The summed E-state index contributed by atoms with van der Waals surface area (Å²) >= 11 is 0. The molecule has 3 atom stereocenters. The lowest BCUT2D eigenvalue weighted by atomic mass is 9.57. The van der Waals surface area contributed by atoms with Gasteiger partial charge in [0, 0.05) is 11.5 Å². The van der Waals surface area contributed by atoms with Crippen LogP contribution in [-0.2, 0) is 18.3 Å². The third-order valence-corrected chi connectivity index (χ3v) is 6.46. The van der Waals surface area contributed by atoms with E-state index < -0.39 is 0 Å². The van der Waals surface area contributed by atoms with Crippen LogP contribution in [0.5, 0.6) is 5.75 Å². The van der Waals surface area contributed by atoms with Crippen LogP contribution in [0, 0.1) is 5.92 Å². The molecule has 0 heterocycles. The van der Waals surface area contributed by atoms with E-state index >= 15 is 0 Å². The van der Waals surface area contributed by atoms with Gasteiger partial charge in [-0.25, -0.2) is 0 Å². The molecule has 2 aliphatic carbocycles. The minimum Gasteiger partial charge on any atom is -0.497 e. The number of benzene rings is 2. The minimum atomic E-state index is 0.224. The average Bonchev–Trinajstić information content (AvgIpc) is 2.64. The lowest BCUT2D eigenvalue weighted by Crippen LogP contribution is -2.57. The van der Waals surface area contributed by atoms with Crippen LogP contribution in [0.3, 0.4) is 0 Å². The van der Waals surface area contributed by atoms with Crippen LogP contribution in [0.1, 0.15) is 42.9 Å². The zero-order valence-corrected chi connectivity index (χ0v) is 15.4. The largest absolute Gasteiger partial charge is 0.497 e. The molecule has 0 aliphatic heterocycles. The molecular weight excluding hydrogens is 306 g/mol. The third kappa shape index (κ3) is 3.08. The highest BCUT2D eigenvalue weighted by Gasteiger charge is 2.47. The van der Waals surface area contributed by atoms with Gasteiger partial charge in [-0.2, -0.15) is 0 Å². The Bertz CT molecular complexity index is 726. The van der Waals surface area contributed by atoms with Gasteiger partial charge in [-0.3, -0.25) is 0 Å². The number of ether oxygens (including phenoxy) is 1. The van der Waals surface area contributed by atoms with E-state index in [2.05, 4.69) is 60.8 Å². The summed E-state index contributed by atoms with van der Waals surface area (Å²) in [5.41, 5.74) is 4.69. The summed E-state index contributed by atoms with van der Waals surface area (Å²) in [5, 5.41) is 3.95. The lowest BCUT2D eigenvalue weighted by molar-refractivity contribution is 0.141. The van der Waals surface area contributed by atoms with E-state index in [0.717, 1.165) is 24.6 Å². The van der Waals surface area contributed by atoms with Crippen molar-refractivity contribution in [1.29, 1.82) is 0 Å². The number of fused-ring (bicyclic) bond motifs is 4. The van der Waals surface area contributed by atoms with Crippen molar-refractivity contribution in [3.8, 4) is 5.75 Å². The van der Waals surface area contributed by atoms with Gasteiger partial charge >= 0.3 is 0 Å². The van der Waals surface area contributed by atoms with Crippen molar-refractivity contribution in [3.63, 3.8) is 0 Å². The van der Waals surface area contributed by atoms with E-state index in [1.165, 1.54) is 42.4 Å². The van der Waals surface area contributed by atoms with Gasteiger partial charge in [0.2, 0.25) is 0 Å². The van der Waals surface area contributed by atoms with Gasteiger partial charge in [-0.1, -0.05) is 49.7 Å². The fourth-order valence-corrected chi connectivity index (χ4v) is 5.18. The van der Waals surface area contributed by atoms with Crippen molar-refractivity contribution in [2.75, 3.05) is 13.7 Å². The highest BCUT2D eigenvalue weighted by atomic mass is 16.5. The number of methoxy groups -OCH3 is 1. The fraction of sp³-hybridized carbons (Fsp3) is 0.478. The second-order valence-electron chi connectivity index (χ2n) is 7.96. The maximum atomic E-state index is 5.52. The molecule has 2 aliphatic rings. The van der Waals surface area contributed by atoms with Gasteiger partial charge < -0.3 is 10.1 Å². The SMILES string of the molecule is COc1ccc2c(c1)[C@@]1(C)CCCC(C2)[C@H]1NCCc1ccccc1. The van der Waals surface area contributed by atoms with Crippen molar-refractivity contribution < 1.29 is 4.74 Å². The summed E-state index contributed by atoms with van der Waals surface area (Å²) in [6.07, 6.45) is 6.27. The van der Waals surface area contributed by atoms with Gasteiger partial charge in [0.1, 0.15) is 5.75 Å². The maximum Gasteiger partial charge on any atom is 0.119 e. The standard InChI is InChI=1S/C23H29NO/c1-23-13-6-9-19(15-18-10-11-20(25-2)16-21(18)23)22(23)24-14-12-17-7-4-3-5-8-17/h3-5,7-8,10-11,16,19,22,24H,6,9,12-15H2,1-2H3/t19?,22-,23-/m1/s1. The van der Waals surface area contributed by atoms with E-state index in [4.69, 9.17) is 4.74 Å². The van der Waals surface area contributed by atoms with Crippen LogP contribution in [0.25, 0.3) is 0 Å². The maximum absolute atomic E-state index is 5.52. The molecule has 1 unspecified atom stereocenters. The molecule has 4 rings (SSSR count). The molecule has 2 aromatic carbocycles. The lowest BCUT2D eigenvalue weighted by Gasteiger charge is -2.51. The Morgan fingerprint density at radius 3 is 2.80 bits per heavy atom. The van der Waals surface area contributed by atoms with Crippen molar-refractivity contribution in [2.45, 2.75) is 50.5 Å². The molecular formula is C23H29NO. The summed E-state index contributed by atoms with van der Waals surface area (Å²) in [6, 6.07) is 18.1. The minimum absolute atomic E-state index is 0.224. The van der Waals surface area contributed by atoms with Gasteiger partial charge in [0.15, 0.2) is 0 Å². The topological polar surface area (TPSA) is 21.3 Å². The molecule has 2 nitrogen and oxygen atoms in total. The highest BCUT2D eigenvalue weighted by Crippen LogP contribution is 2.49. The molecule has 25 heavy (non-hydrogen) atoms. The molecule has 2 bridgehead atoms. The molecule has 2 heteroatoms. The van der Waals surface area contributed by atoms with Crippen LogP contribution in [0.15, 0.2) is 48.5 Å². The second-order valence-corrected chi connectivity index (χ2v) is 7.96. The Balaban J connectivity index is 1.55. The monoisotopic (exact) mass is 335 g/mol. The predicted molar refractivity (Wildman–Crippen MR) is 103 cm³/mol. The van der Waals surface area contributed by atoms with Crippen LogP contribution in [0.4, 0.5) is 0 Å². The second kappa shape index (κ2) is 6.84. The first kappa shape index (κ1) is 16.7. The van der Waals surface area contributed by atoms with E-state index in [9.17, 15) is 0 Å². The summed E-state index contributed by atoms with van der Waals surface area (Å²) in [6.45, 7) is 3.52. The molecule has 1 fully saturated rings. The number of hydrogen-bond acceptors (Lipinski definition) is 2. The average molecular weight is 335 g/mol. The van der Waals surface area contributed by atoms with Gasteiger partial charge in [0.25, 0.3) is 0 Å². The smallest absolute Gasteiger partial charge is 0.119 e. The highest BCUT2D eigenvalue weighted by molar-refractivity contribution is 5.45. The van der Waals surface area contributed by atoms with Crippen LogP contribution in [-0.4, -0.2) is 19.7 Å². The summed E-state index contributed by atoms with van der Waals surface area (Å²) in [7, 11) is 1.77. The van der Waals surface area contributed by atoms with Gasteiger partial charge in [0.05, 0.1) is 7.11 Å². The Hall–Kier alpha value is -1.80. The quantitative estimate of drug-likeness (QED) is 0.868. The van der Waals surface area contributed by atoms with Gasteiger partial charge in [-0.05, 0) is 67.0 Å². The fourth-order valence-electron chi connectivity index (χ4n) is 5.18. The molecule has 0 aromatic heterocycles. The van der Waals surface area contributed by atoms with Crippen LogP contribution >= 0.6 is 0 Å². The van der Waals surface area contributed by atoms with Crippen molar-refractivity contribution in [1.82, 2.24) is 5.32 Å². The molecule has 132 valence electrons. The van der Waals surface area contributed by atoms with E-state index in [-0.39, 0.29) is 5.41 Å². The van der Waals surface area contributed by atoms with E-state index in [1.807, 2.05) is 0 Å². The molecule has 2 aromatic rings. The molecule has 0 spiro atoms. The summed E-state index contributed by atoms with van der Waals surface area (Å²) in [5.74, 6) is 1.75. The first-order chi connectivity index (χ1) is 12.2. The zero-order valence-electron chi connectivity index (χ0n) is 15.4. The van der Waals surface area contributed by atoms with E-state index in [1.54, 1.807) is 7.11 Å². The summed E-state index contributed by atoms with van der Waals surface area (Å²) < 4.78 is 5.52. The Labute approximate surface area is 151 Å². The Kier molecular flexibility index (Phi) is 4.56. The first-order valence-corrected chi connectivity index (χ1v) is 9.65. The van der Waals surface area contributed by atoms with Crippen LogP contribution < -0.4 is 10.1 Å². The number of rotatable bonds is 5. The Morgan fingerprint density at radius 2 is 2.00 bits per heavy atom. The zero-order chi connectivity index (χ0) is 17.3. The molecule has 0 radical (unpaired) electrons. The predicted octanol–water partition coefficient (Wildman–Crippen LogP) is 4.51. The number of nitrogens with one attached hydrogen (secondary N) is 1.